The molecule has 0 radical (unpaired) electrons. The topological polar surface area (TPSA) is 83.8 Å². The van der Waals surface area contributed by atoms with Crippen LogP contribution in [0.4, 0.5) is 4.39 Å². The van der Waals surface area contributed by atoms with Crippen molar-refractivity contribution in [2.24, 2.45) is 0 Å². The highest BCUT2D eigenvalue weighted by molar-refractivity contribution is 5.90. The summed E-state index contributed by atoms with van der Waals surface area (Å²) >= 11 is 0. The van der Waals surface area contributed by atoms with Crippen LogP contribution in [0.5, 0.6) is 0 Å². The first-order valence-corrected chi connectivity index (χ1v) is 4.67. The zero-order valence-corrected chi connectivity index (χ0v) is 9.23. The van der Waals surface area contributed by atoms with Crippen molar-refractivity contribution in [3.8, 4) is 0 Å². The lowest BCUT2D eigenvalue weighted by Crippen LogP contribution is -2.15. The third-order valence-corrected chi connectivity index (χ3v) is 2.34. The van der Waals surface area contributed by atoms with Crippen LogP contribution in [0, 0.1) is 12.7 Å². The van der Waals surface area contributed by atoms with Crippen molar-refractivity contribution >= 4 is 11.9 Å². The first-order valence-electron chi connectivity index (χ1n) is 4.67. The van der Waals surface area contributed by atoms with Gasteiger partial charge in [-0.2, -0.15) is 0 Å². The zero-order chi connectivity index (χ0) is 13.2. The molecule has 1 rings (SSSR count). The predicted molar refractivity (Wildman–Crippen MR) is 55.1 cm³/mol. The van der Waals surface area contributed by atoms with Crippen molar-refractivity contribution in [1.29, 1.82) is 0 Å². The standard InChI is InChI=1S/C11H11FO5/c1-5-7(10(14)15)3-6(4-8(5)12)9(13)11(16)17-2/h3-4,9,13H,1-2H3,(H,14,15). The van der Waals surface area contributed by atoms with E-state index in [1.165, 1.54) is 6.92 Å². The summed E-state index contributed by atoms with van der Waals surface area (Å²) in [5, 5.41) is 18.3. The fraction of sp³-hybridized carbons (Fsp3) is 0.273. The van der Waals surface area contributed by atoms with Crippen molar-refractivity contribution < 1.29 is 28.9 Å². The number of carboxylic acid groups (broad SMARTS) is 1. The first-order chi connectivity index (χ1) is 7.88. The Morgan fingerprint density at radius 1 is 1.41 bits per heavy atom. The van der Waals surface area contributed by atoms with Gasteiger partial charge in [-0.1, -0.05) is 0 Å². The molecule has 0 aliphatic heterocycles. The van der Waals surface area contributed by atoms with Gasteiger partial charge in [0.2, 0.25) is 0 Å². The molecule has 0 heterocycles. The van der Waals surface area contributed by atoms with Gasteiger partial charge >= 0.3 is 11.9 Å². The molecule has 1 atom stereocenters. The van der Waals surface area contributed by atoms with Crippen molar-refractivity contribution in [3.63, 3.8) is 0 Å². The molecule has 17 heavy (non-hydrogen) atoms. The van der Waals surface area contributed by atoms with Crippen LogP contribution in [0.15, 0.2) is 12.1 Å². The lowest BCUT2D eigenvalue weighted by molar-refractivity contribution is -0.150. The molecular formula is C11H11FO5. The highest BCUT2D eigenvalue weighted by Gasteiger charge is 2.22. The summed E-state index contributed by atoms with van der Waals surface area (Å²) in [5.41, 5.74) is -0.515. The minimum absolute atomic E-state index is 0.0571. The third-order valence-electron chi connectivity index (χ3n) is 2.34. The fourth-order valence-corrected chi connectivity index (χ4v) is 1.33. The average molecular weight is 242 g/mol. The van der Waals surface area contributed by atoms with E-state index in [1.54, 1.807) is 0 Å². The van der Waals surface area contributed by atoms with E-state index < -0.39 is 23.9 Å². The van der Waals surface area contributed by atoms with Gasteiger partial charge in [0.1, 0.15) is 5.82 Å². The van der Waals surface area contributed by atoms with Gasteiger partial charge in [0.25, 0.3) is 0 Å². The Balaban J connectivity index is 3.28. The van der Waals surface area contributed by atoms with Crippen LogP contribution in [-0.2, 0) is 9.53 Å². The van der Waals surface area contributed by atoms with Crippen molar-refractivity contribution in [2.45, 2.75) is 13.0 Å². The molecule has 1 unspecified atom stereocenters. The van der Waals surface area contributed by atoms with E-state index in [1.807, 2.05) is 0 Å². The molecule has 0 spiro atoms. The Bertz CT molecular complexity index is 469. The third kappa shape index (κ3) is 2.59. The zero-order valence-electron chi connectivity index (χ0n) is 9.23. The Morgan fingerprint density at radius 2 is 2.00 bits per heavy atom. The molecule has 1 aromatic rings. The molecule has 0 bridgehead atoms. The number of rotatable bonds is 3. The second-order valence-corrected chi connectivity index (χ2v) is 3.41. The van der Waals surface area contributed by atoms with Gasteiger partial charge in [0.05, 0.1) is 12.7 Å². The molecule has 6 heteroatoms. The van der Waals surface area contributed by atoms with Crippen LogP contribution in [-0.4, -0.2) is 29.3 Å². The number of benzene rings is 1. The first kappa shape index (κ1) is 13.1. The van der Waals surface area contributed by atoms with Crippen molar-refractivity contribution in [1.82, 2.24) is 0 Å². The van der Waals surface area contributed by atoms with Gasteiger partial charge in [-0.3, -0.25) is 0 Å². The van der Waals surface area contributed by atoms with Gasteiger partial charge in [-0.25, -0.2) is 14.0 Å². The summed E-state index contributed by atoms with van der Waals surface area (Å²) in [6.45, 7) is 1.30. The van der Waals surface area contributed by atoms with Gasteiger partial charge in [0, 0.05) is 0 Å². The maximum absolute atomic E-state index is 13.4. The van der Waals surface area contributed by atoms with E-state index in [-0.39, 0.29) is 16.7 Å². The number of carboxylic acids is 1. The number of aromatic carboxylic acids is 1. The molecule has 1 aromatic carbocycles. The van der Waals surface area contributed by atoms with Gasteiger partial charge in [-0.05, 0) is 30.2 Å². The molecule has 2 N–H and O–H groups in total. The number of carbonyl (C=O) groups excluding carboxylic acids is 1. The number of hydrogen-bond acceptors (Lipinski definition) is 4. The number of aliphatic hydroxyl groups excluding tert-OH is 1. The van der Waals surface area contributed by atoms with Crippen LogP contribution in [0.2, 0.25) is 0 Å². The number of esters is 1. The summed E-state index contributed by atoms with van der Waals surface area (Å²) in [4.78, 5) is 21.9. The number of hydrogen-bond donors (Lipinski definition) is 2. The molecule has 0 aliphatic carbocycles. The normalized spacial score (nSPS) is 12.0. The number of methoxy groups -OCH3 is 1. The summed E-state index contributed by atoms with van der Waals surface area (Å²) in [6.07, 6.45) is -1.70. The molecule has 0 saturated heterocycles. The molecule has 0 saturated carbocycles. The quantitative estimate of drug-likeness (QED) is 0.773. The van der Waals surface area contributed by atoms with E-state index in [0.717, 1.165) is 19.2 Å². The van der Waals surface area contributed by atoms with Crippen LogP contribution in [0.1, 0.15) is 27.6 Å². The fourth-order valence-electron chi connectivity index (χ4n) is 1.33. The highest BCUT2D eigenvalue weighted by atomic mass is 19.1. The smallest absolute Gasteiger partial charge is 0.339 e. The van der Waals surface area contributed by atoms with E-state index in [4.69, 9.17) is 5.11 Å². The Kier molecular flexibility index (Phi) is 3.80. The molecule has 0 aliphatic rings. The predicted octanol–water partition coefficient (Wildman–Crippen LogP) is 1.04. The minimum Gasteiger partial charge on any atom is -0.478 e. The number of carbonyl (C=O) groups is 2. The maximum Gasteiger partial charge on any atom is 0.339 e. The summed E-state index contributed by atoms with van der Waals surface area (Å²) in [7, 11) is 1.06. The minimum atomic E-state index is -1.70. The van der Waals surface area contributed by atoms with E-state index >= 15 is 0 Å². The molecule has 0 aromatic heterocycles. The molecule has 5 nitrogen and oxygen atoms in total. The largest absolute Gasteiger partial charge is 0.478 e. The molecule has 0 fully saturated rings. The molecular weight excluding hydrogens is 231 g/mol. The summed E-state index contributed by atoms with van der Waals surface area (Å²) < 4.78 is 17.7. The number of halogens is 1. The highest BCUT2D eigenvalue weighted by Crippen LogP contribution is 2.21. The Hall–Kier alpha value is -1.95. The number of ether oxygens (including phenoxy) is 1. The van der Waals surface area contributed by atoms with Gasteiger partial charge < -0.3 is 14.9 Å². The van der Waals surface area contributed by atoms with Crippen molar-refractivity contribution in [3.05, 3.63) is 34.6 Å². The van der Waals surface area contributed by atoms with E-state index in [9.17, 15) is 19.1 Å². The summed E-state index contributed by atoms with van der Waals surface area (Å²) in [5.74, 6) is -3.12. The molecule has 0 amide bonds. The number of aliphatic hydroxyl groups is 1. The Morgan fingerprint density at radius 3 is 2.47 bits per heavy atom. The SMILES string of the molecule is COC(=O)C(O)c1cc(F)c(C)c(C(=O)O)c1. The lowest BCUT2D eigenvalue weighted by atomic mass is 10.0. The van der Waals surface area contributed by atoms with E-state index in [2.05, 4.69) is 4.74 Å². The van der Waals surface area contributed by atoms with Crippen molar-refractivity contribution in [2.75, 3.05) is 7.11 Å². The van der Waals surface area contributed by atoms with Gasteiger partial charge in [-0.15, -0.1) is 0 Å². The maximum atomic E-state index is 13.4. The molecule has 92 valence electrons. The second kappa shape index (κ2) is 4.92. The average Bonchev–Trinajstić information content (AvgIpc) is 2.30. The summed E-state index contributed by atoms with van der Waals surface area (Å²) in [6, 6.07) is 1.95. The van der Waals surface area contributed by atoms with Crippen LogP contribution in [0.3, 0.4) is 0 Å². The van der Waals surface area contributed by atoms with E-state index in [0.29, 0.717) is 0 Å². The van der Waals surface area contributed by atoms with Crippen LogP contribution < -0.4 is 0 Å². The van der Waals surface area contributed by atoms with Crippen LogP contribution >= 0.6 is 0 Å². The second-order valence-electron chi connectivity index (χ2n) is 3.41. The van der Waals surface area contributed by atoms with Gasteiger partial charge in [0.15, 0.2) is 6.10 Å². The lowest BCUT2D eigenvalue weighted by Gasteiger charge is -2.11. The van der Waals surface area contributed by atoms with Crippen LogP contribution in [0.25, 0.3) is 0 Å². The monoisotopic (exact) mass is 242 g/mol. The Labute approximate surface area is 96.4 Å².